The first kappa shape index (κ1) is 17.4. The second kappa shape index (κ2) is 6.80. The van der Waals surface area contributed by atoms with Gasteiger partial charge in [-0.1, -0.05) is 30.3 Å². The largest absolute Gasteiger partial charge is 0.457 e. The number of fused-ring (bicyclic) bond motifs is 1. The van der Waals surface area contributed by atoms with E-state index in [1.807, 2.05) is 51.1 Å². The fourth-order valence-electron chi connectivity index (χ4n) is 3.16. The Morgan fingerprint density at radius 2 is 1.83 bits per heavy atom. The van der Waals surface area contributed by atoms with E-state index in [9.17, 15) is 4.79 Å². The molecule has 0 aliphatic carbocycles. The van der Waals surface area contributed by atoms with Gasteiger partial charge in [0.15, 0.2) is 18.2 Å². The topological polar surface area (TPSA) is 63.2 Å². The number of benzene rings is 1. The fraction of sp³-hybridized carbons (Fsp3) is 0.611. The lowest BCUT2D eigenvalue weighted by molar-refractivity contribution is -0.277. The molecule has 0 saturated carbocycles. The van der Waals surface area contributed by atoms with Gasteiger partial charge in [-0.05, 0) is 26.3 Å². The summed E-state index contributed by atoms with van der Waals surface area (Å²) in [5.41, 5.74) is 1.05. The van der Waals surface area contributed by atoms with Crippen LogP contribution >= 0.6 is 0 Å². The van der Waals surface area contributed by atoms with Gasteiger partial charge in [-0.15, -0.1) is 0 Å². The van der Waals surface area contributed by atoms with Gasteiger partial charge in [0.05, 0.1) is 12.7 Å². The van der Waals surface area contributed by atoms with Crippen molar-refractivity contribution in [2.24, 2.45) is 0 Å². The van der Waals surface area contributed by atoms with Crippen LogP contribution in [0.25, 0.3) is 0 Å². The molecule has 0 aromatic heterocycles. The molecule has 2 saturated heterocycles. The van der Waals surface area contributed by atoms with Crippen molar-refractivity contribution in [3.8, 4) is 0 Å². The summed E-state index contributed by atoms with van der Waals surface area (Å²) in [6.07, 6.45) is -2.34. The van der Waals surface area contributed by atoms with Gasteiger partial charge < -0.3 is 23.7 Å². The number of rotatable bonds is 4. The maximum atomic E-state index is 11.4. The molecule has 132 valence electrons. The predicted octanol–water partition coefficient (Wildman–Crippen LogP) is 2.40. The highest BCUT2D eigenvalue weighted by molar-refractivity contribution is 5.66. The molecule has 0 bridgehead atoms. The molecule has 24 heavy (non-hydrogen) atoms. The van der Waals surface area contributed by atoms with Crippen LogP contribution in [0.2, 0.25) is 0 Å². The number of hydrogen-bond donors (Lipinski definition) is 0. The van der Waals surface area contributed by atoms with Crippen LogP contribution in [0, 0.1) is 0 Å². The van der Waals surface area contributed by atoms with Gasteiger partial charge in [-0.3, -0.25) is 4.79 Å². The van der Waals surface area contributed by atoms with Crippen molar-refractivity contribution in [1.29, 1.82) is 0 Å². The Bertz CT molecular complexity index is 572. The summed E-state index contributed by atoms with van der Waals surface area (Å²) in [5, 5.41) is 0. The molecule has 1 aromatic rings. The minimum atomic E-state index is -0.782. The Morgan fingerprint density at radius 1 is 1.17 bits per heavy atom. The third-order valence-corrected chi connectivity index (χ3v) is 4.13. The van der Waals surface area contributed by atoms with Crippen molar-refractivity contribution < 1.29 is 28.5 Å². The van der Waals surface area contributed by atoms with Crippen LogP contribution in [0.1, 0.15) is 33.3 Å². The monoisotopic (exact) mass is 336 g/mol. The summed E-state index contributed by atoms with van der Waals surface area (Å²) >= 11 is 0. The number of hydrogen-bond acceptors (Lipinski definition) is 6. The van der Waals surface area contributed by atoms with E-state index < -0.39 is 30.4 Å². The zero-order chi connectivity index (χ0) is 17.3. The number of carbonyl (C=O) groups is 1. The molecule has 2 aliphatic heterocycles. The van der Waals surface area contributed by atoms with Crippen LogP contribution < -0.4 is 0 Å². The molecule has 0 N–H and O–H groups in total. The van der Waals surface area contributed by atoms with E-state index in [-0.39, 0.29) is 12.1 Å². The molecule has 3 rings (SSSR count). The molecule has 0 amide bonds. The second-order valence-corrected chi connectivity index (χ2v) is 6.65. The highest BCUT2D eigenvalue weighted by Crippen LogP contribution is 2.39. The SMILES string of the molecule is CC(=O)O[C@@H]1[C@H]2OC(C)(C)O[C@H]2[C@H](OCc2ccccc2)O[C@H]1C. The molecular formula is C18H24O6. The Hall–Kier alpha value is -1.47. The zero-order valence-corrected chi connectivity index (χ0v) is 14.4. The lowest BCUT2D eigenvalue weighted by atomic mass is 9.99. The smallest absolute Gasteiger partial charge is 0.303 e. The molecule has 2 aliphatic rings. The van der Waals surface area contributed by atoms with Crippen molar-refractivity contribution in [2.45, 2.75) is 70.8 Å². The van der Waals surface area contributed by atoms with E-state index in [1.54, 1.807) is 0 Å². The van der Waals surface area contributed by atoms with Crippen molar-refractivity contribution >= 4 is 5.97 Å². The minimum Gasteiger partial charge on any atom is -0.457 e. The zero-order valence-electron chi connectivity index (χ0n) is 14.4. The minimum absolute atomic E-state index is 0.353. The van der Waals surface area contributed by atoms with Crippen LogP contribution in [-0.4, -0.2) is 42.5 Å². The van der Waals surface area contributed by atoms with Crippen molar-refractivity contribution in [3.05, 3.63) is 35.9 Å². The van der Waals surface area contributed by atoms with E-state index in [1.165, 1.54) is 6.92 Å². The molecule has 0 unspecified atom stereocenters. The fourth-order valence-corrected chi connectivity index (χ4v) is 3.16. The molecule has 0 radical (unpaired) electrons. The van der Waals surface area contributed by atoms with Gasteiger partial charge in [0.25, 0.3) is 0 Å². The normalized spacial score (nSPS) is 34.6. The molecule has 2 fully saturated rings. The van der Waals surface area contributed by atoms with E-state index in [0.29, 0.717) is 6.61 Å². The summed E-state index contributed by atoms with van der Waals surface area (Å²) < 4.78 is 29.2. The molecule has 6 nitrogen and oxygen atoms in total. The van der Waals surface area contributed by atoms with Gasteiger partial charge in [-0.2, -0.15) is 0 Å². The van der Waals surface area contributed by atoms with Gasteiger partial charge in [0, 0.05) is 6.92 Å². The van der Waals surface area contributed by atoms with Crippen LogP contribution in [0.4, 0.5) is 0 Å². The van der Waals surface area contributed by atoms with Crippen molar-refractivity contribution in [2.75, 3.05) is 0 Å². The van der Waals surface area contributed by atoms with Crippen LogP contribution in [0.3, 0.4) is 0 Å². The van der Waals surface area contributed by atoms with E-state index >= 15 is 0 Å². The number of ether oxygens (including phenoxy) is 5. The summed E-state index contributed by atoms with van der Waals surface area (Å²) in [7, 11) is 0. The molecule has 0 spiro atoms. The molecule has 1 aromatic carbocycles. The standard InChI is InChI=1S/C18H24O6/c1-11-14(22-12(2)19)15-16(24-18(3,4)23-15)17(21-11)20-10-13-8-6-5-7-9-13/h5-9,11,14-17H,10H2,1-4H3/t11-,14-,15+,16+,17+/m0/s1. The third-order valence-electron chi connectivity index (χ3n) is 4.13. The second-order valence-electron chi connectivity index (χ2n) is 6.65. The maximum Gasteiger partial charge on any atom is 0.303 e. The molecule has 6 heteroatoms. The first-order valence-electron chi connectivity index (χ1n) is 8.19. The number of carbonyl (C=O) groups excluding carboxylic acids is 1. The summed E-state index contributed by atoms with van der Waals surface area (Å²) in [6, 6.07) is 9.85. The van der Waals surface area contributed by atoms with E-state index in [4.69, 9.17) is 23.7 Å². The Morgan fingerprint density at radius 3 is 2.50 bits per heavy atom. The highest BCUT2D eigenvalue weighted by atomic mass is 16.8. The highest BCUT2D eigenvalue weighted by Gasteiger charge is 2.56. The van der Waals surface area contributed by atoms with Crippen LogP contribution in [0.15, 0.2) is 30.3 Å². The Balaban J connectivity index is 1.73. The molecule has 2 heterocycles. The first-order valence-corrected chi connectivity index (χ1v) is 8.19. The first-order chi connectivity index (χ1) is 11.4. The average molecular weight is 336 g/mol. The quantitative estimate of drug-likeness (QED) is 0.787. The van der Waals surface area contributed by atoms with Crippen molar-refractivity contribution in [1.82, 2.24) is 0 Å². The number of esters is 1. The summed E-state index contributed by atoms with van der Waals surface area (Å²) in [4.78, 5) is 11.4. The van der Waals surface area contributed by atoms with Crippen LogP contribution in [0.5, 0.6) is 0 Å². The third kappa shape index (κ3) is 3.78. The molecular weight excluding hydrogens is 312 g/mol. The van der Waals surface area contributed by atoms with Gasteiger partial charge in [0.2, 0.25) is 0 Å². The van der Waals surface area contributed by atoms with Gasteiger partial charge in [0.1, 0.15) is 12.2 Å². The summed E-state index contributed by atoms with van der Waals surface area (Å²) in [5.74, 6) is -1.15. The predicted molar refractivity (Wildman–Crippen MR) is 84.9 cm³/mol. The van der Waals surface area contributed by atoms with Gasteiger partial charge in [-0.25, -0.2) is 0 Å². The Kier molecular flexibility index (Phi) is 4.92. The lowest BCUT2D eigenvalue weighted by Gasteiger charge is -2.40. The summed E-state index contributed by atoms with van der Waals surface area (Å²) in [6.45, 7) is 7.28. The Labute approximate surface area is 142 Å². The average Bonchev–Trinajstić information content (AvgIpc) is 2.85. The van der Waals surface area contributed by atoms with E-state index in [2.05, 4.69) is 0 Å². The van der Waals surface area contributed by atoms with Gasteiger partial charge >= 0.3 is 5.97 Å². The lowest BCUT2D eigenvalue weighted by Crippen LogP contribution is -2.57. The van der Waals surface area contributed by atoms with Crippen LogP contribution in [-0.2, 0) is 35.1 Å². The maximum absolute atomic E-state index is 11.4. The molecule has 5 atom stereocenters. The van der Waals surface area contributed by atoms with Crippen molar-refractivity contribution in [3.63, 3.8) is 0 Å². The van der Waals surface area contributed by atoms with E-state index in [0.717, 1.165) is 5.56 Å².